The van der Waals surface area contributed by atoms with Gasteiger partial charge in [0.05, 0.1) is 16.8 Å². The van der Waals surface area contributed by atoms with Gasteiger partial charge in [-0.05, 0) is 62.1 Å². The van der Waals surface area contributed by atoms with Gasteiger partial charge in [0.2, 0.25) is 0 Å². The Kier molecular flexibility index (Phi) is 8.61. The number of halogens is 3. The van der Waals surface area contributed by atoms with E-state index in [0.717, 1.165) is 37.9 Å². The molecule has 0 aliphatic carbocycles. The third-order valence-corrected chi connectivity index (χ3v) is 6.09. The molecule has 1 heterocycles. The Morgan fingerprint density at radius 3 is 2.32 bits per heavy atom. The molecule has 2 aromatic rings. The van der Waals surface area contributed by atoms with Gasteiger partial charge in [0.1, 0.15) is 5.71 Å². The number of hydrazone groups is 1. The number of anilines is 1. The van der Waals surface area contributed by atoms with Crippen LogP contribution in [-0.4, -0.2) is 29.7 Å². The van der Waals surface area contributed by atoms with Crippen LogP contribution < -0.4 is 10.4 Å². The van der Waals surface area contributed by atoms with Crippen molar-refractivity contribution in [2.75, 3.05) is 18.1 Å². The zero-order chi connectivity index (χ0) is 22.4. The van der Waals surface area contributed by atoms with Crippen molar-refractivity contribution in [3.63, 3.8) is 0 Å². The van der Waals surface area contributed by atoms with E-state index in [1.807, 2.05) is 35.3 Å². The minimum atomic E-state index is -0.219. The predicted molar refractivity (Wildman–Crippen MR) is 130 cm³/mol. The molecule has 0 aromatic heterocycles. The molecule has 1 saturated heterocycles. The van der Waals surface area contributed by atoms with E-state index in [9.17, 15) is 4.79 Å². The zero-order valence-electron chi connectivity index (χ0n) is 17.7. The average molecular weight is 482 g/mol. The summed E-state index contributed by atoms with van der Waals surface area (Å²) in [7, 11) is 0. The number of nitrogens with one attached hydrogen (secondary N) is 1. The van der Waals surface area contributed by atoms with Crippen molar-refractivity contribution in [3.05, 3.63) is 63.1 Å². The fourth-order valence-corrected chi connectivity index (χ4v) is 4.25. The van der Waals surface area contributed by atoms with Crippen molar-refractivity contribution in [2.45, 2.75) is 45.6 Å². The maximum Gasteiger partial charge on any atom is 0.281 e. The van der Waals surface area contributed by atoms with Crippen molar-refractivity contribution >= 4 is 52.1 Å². The second-order valence-corrected chi connectivity index (χ2v) is 8.87. The lowest BCUT2D eigenvalue weighted by Crippen LogP contribution is -2.47. The summed E-state index contributed by atoms with van der Waals surface area (Å²) in [6.45, 7) is 5.49. The molecule has 1 fully saturated rings. The molecule has 0 saturated carbocycles. The second-order valence-electron chi connectivity index (χ2n) is 7.59. The molecule has 5 nitrogen and oxygen atoms in total. The first-order valence-corrected chi connectivity index (χ1v) is 11.6. The molecule has 166 valence electrons. The van der Waals surface area contributed by atoms with E-state index < -0.39 is 0 Å². The van der Waals surface area contributed by atoms with Gasteiger partial charge >= 0.3 is 0 Å². The molecule has 0 bridgehead atoms. The van der Waals surface area contributed by atoms with E-state index in [0.29, 0.717) is 26.5 Å². The van der Waals surface area contributed by atoms with Gasteiger partial charge in [-0.1, -0.05) is 60.3 Å². The summed E-state index contributed by atoms with van der Waals surface area (Å²) in [4.78, 5) is 12.8. The van der Waals surface area contributed by atoms with Crippen LogP contribution in [0.15, 0.2) is 47.6 Å². The van der Waals surface area contributed by atoms with Crippen LogP contribution in [0.4, 0.5) is 5.69 Å². The SMILES string of the molecule is CC[C@H](c1ccc(Cl)cc1)N(/N=C(\C)C(=O)NN1CCCCC1)c1ccc(Cl)cc1Cl. The van der Waals surface area contributed by atoms with Gasteiger partial charge in [0, 0.05) is 23.1 Å². The number of piperidine rings is 1. The van der Waals surface area contributed by atoms with E-state index in [-0.39, 0.29) is 11.9 Å². The Balaban J connectivity index is 1.95. The highest BCUT2D eigenvalue weighted by Gasteiger charge is 2.23. The molecule has 0 unspecified atom stereocenters. The Bertz CT molecular complexity index is 927. The number of hydrazine groups is 1. The van der Waals surface area contributed by atoms with Gasteiger partial charge in [-0.15, -0.1) is 0 Å². The number of hydrogen-bond acceptors (Lipinski definition) is 4. The van der Waals surface area contributed by atoms with Gasteiger partial charge in [0.25, 0.3) is 5.91 Å². The predicted octanol–water partition coefficient (Wildman–Crippen LogP) is 6.50. The molecule has 1 amide bonds. The lowest BCUT2D eigenvalue weighted by Gasteiger charge is -2.31. The second kappa shape index (κ2) is 11.2. The molecule has 1 aliphatic heterocycles. The minimum absolute atomic E-state index is 0.145. The lowest BCUT2D eigenvalue weighted by atomic mass is 10.0. The van der Waals surface area contributed by atoms with Gasteiger partial charge in [-0.2, -0.15) is 5.10 Å². The first-order chi connectivity index (χ1) is 14.9. The van der Waals surface area contributed by atoms with E-state index >= 15 is 0 Å². The Labute approximate surface area is 198 Å². The quantitative estimate of drug-likeness (QED) is 0.363. The molecule has 31 heavy (non-hydrogen) atoms. The van der Waals surface area contributed by atoms with E-state index in [2.05, 4.69) is 12.3 Å². The smallest absolute Gasteiger partial charge is 0.281 e. The van der Waals surface area contributed by atoms with E-state index in [1.165, 1.54) is 6.42 Å². The molecule has 1 N–H and O–H groups in total. The summed E-state index contributed by atoms with van der Waals surface area (Å²) in [5, 5.41) is 10.1. The van der Waals surface area contributed by atoms with Crippen molar-refractivity contribution in [1.82, 2.24) is 10.4 Å². The van der Waals surface area contributed by atoms with Crippen LogP contribution in [0.1, 0.15) is 51.1 Å². The van der Waals surface area contributed by atoms with Crippen molar-refractivity contribution in [3.8, 4) is 0 Å². The summed E-state index contributed by atoms with van der Waals surface area (Å²) >= 11 is 18.7. The number of carbonyl (C=O) groups excluding carboxylic acids is 1. The van der Waals surface area contributed by atoms with Gasteiger partial charge < -0.3 is 0 Å². The number of amides is 1. The van der Waals surface area contributed by atoms with Crippen molar-refractivity contribution < 1.29 is 4.79 Å². The van der Waals surface area contributed by atoms with Crippen LogP contribution in [0.25, 0.3) is 0 Å². The molecule has 2 aromatic carbocycles. The third kappa shape index (κ3) is 6.36. The largest absolute Gasteiger partial charge is 0.284 e. The highest BCUT2D eigenvalue weighted by atomic mass is 35.5. The highest BCUT2D eigenvalue weighted by molar-refractivity contribution is 6.38. The van der Waals surface area contributed by atoms with Gasteiger partial charge in [-0.25, -0.2) is 5.01 Å². The van der Waals surface area contributed by atoms with E-state index in [4.69, 9.17) is 39.9 Å². The summed E-state index contributed by atoms with van der Waals surface area (Å²) in [6.07, 6.45) is 4.10. The van der Waals surface area contributed by atoms with Gasteiger partial charge in [-0.3, -0.25) is 15.2 Å². The summed E-state index contributed by atoms with van der Waals surface area (Å²) in [6, 6.07) is 12.7. The van der Waals surface area contributed by atoms with Crippen molar-refractivity contribution in [2.24, 2.45) is 5.10 Å². The molecule has 1 aliphatic rings. The highest BCUT2D eigenvalue weighted by Crippen LogP contribution is 2.36. The van der Waals surface area contributed by atoms with Crippen LogP contribution in [-0.2, 0) is 4.79 Å². The molecular formula is C23H27Cl3N4O. The number of benzene rings is 2. The fraction of sp³-hybridized carbons (Fsp3) is 0.391. The molecular weight excluding hydrogens is 455 g/mol. The molecule has 0 spiro atoms. The van der Waals surface area contributed by atoms with Crippen LogP contribution in [0.3, 0.4) is 0 Å². The normalized spacial score (nSPS) is 16.1. The maximum atomic E-state index is 12.8. The van der Waals surface area contributed by atoms with Crippen LogP contribution >= 0.6 is 34.8 Å². The van der Waals surface area contributed by atoms with Crippen LogP contribution in [0, 0.1) is 0 Å². The topological polar surface area (TPSA) is 47.9 Å². The Hall–Kier alpha value is -1.79. The fourth-order valence-electron chi connectivity index (χ4n) is 3.63. The molecule has 1 atom stereocenters. The average Bonchev–Trinajstić information content (AvgIpc) is 2.75. The number of rotatable bonds is 7. The molecule has 8 heteroatoms. The lowest BCUT2D eigenvalue weighted by molar-refractivity contribution is -0.119. The molecule has 0 radical (unpaired) electrons. The summed E-state index contributed by atoms with van der Waals surface area (Å²) in [5.74, 6) is -0.219. The standard InChI is InChI=1S/C23H27Cl3N4O/c1-3-21(17-7-9-18(24)10-8-17)30(22-12-11-19(25)15-20(22)26)27-16(2)23(31)28-29-13-5-4-6-14-29/h7-12,15,21H,3-6,13-14H2,1-2H3,(H,28,31)/b27-16+/t21-/m1/s1. The third-order valence-electron chi connectivity index (χ3n) is 5.30. The van der Waals surface area contributed by atoms with Crippen LogP contribution in [0.5, 0.6) is 0 Å². The van der Waals surface area contributed by atoms with Crippen LogP contribution in [0.2, 0.25) is 15.1 Å². The number of nitrogens with zero attached hydrogens (tertiary/aromatic N) is 3. The first kappa shape index (κ1) is 23.9. The maximum absolute atomic E-state index is 12.8. The van der Waals surface area contributed by atoms with E-state index in [1.54, 1.807) is 24.1 Å². The monoisotopic (exact) mass is 480 g/mol. The number of hydrogen-bond donors (Lipinski definition) is 1. The Morgan fingerprint density at radius 2 is 1.71 bits per heavy atom. The minimum Gasteiger partial charge on any atom is -0.284 e. The van der Waals surface area contributed by atoms with Crippen molar-refractivity contribution in [1.29, 1.82) is 0 Å². The number of carbonyl (C=O) groups is 1. The van der Waals surface area contributed by atoms with Gasteiger partial charge in [0.15, 0.2) is 0 Å². The zero-order valence-corrected chi connectivity index (χ0v) is 20.0. The summed E-state index contributed by atoms with van der Waals surface area (Å²) < 4.78 is 0. The first-order valence-electron chi connectivity index (χ1n) is 10.5. The molecule has 3 rings (SSSR count). The summed E-state index contributed by atoms with van der Waals surface area (Å²) in [5.41, 5.74) is 5.02. The Morgan fingerprint density at radius 1 is 1.06 bits per heavy atom.